The molecule has 0 bridgehead atoms. The molecule has 0 aliphatic carbocycles. The van der Waals surface area contributed by atoms with Crippen molar-refractivity contribution in [1.29, 1.82) is 0 Å². The number of hydrogen-bond donors (Lipinski definition) is 4. The van der Waals surface area contributed by atoms with E-state index >= 15 is 0 Å². The summed E-state index contributed by atoms with van der Waals surface area (Å²) in [6.45, 7) is 4.67. The fraction of sp³-hybridized carbons (Fsp3) is 0.345. The molecule has 1 aliphatic rings. The van der Waals surface area contributed by atoms with Crippen LogP contribution in [0.4, 0.5) is 10.5 Å². The molecule has 13 nitrogen and oxygen atoms in total. The van der Waals surface area contributed by atoms with Gasteiger partial charge in [0.1, 0.15) is 24.0 Å². The van der Waals surface area contributed by atoms with E-state index in [1.165, 1.54) is 19.2 Å². The molecule has 1 aliphatic heterocycles. The van der Waals surface area contributed by atoms with Crippen LogP contribution in [0, 0.1) is 19.3 Å². The van der Waals surface area contributed by atoms with E-state index in [0.717, 1.165) is 0 Å². The average molecular weight is 583 g/mol. The third-order valence-electron chi connectivity index (χ3n) is 6.59. The zero-order valence-corrected chi connectivity index (χ0v) is 23.2. The number of aryl methyl sites for hydroxylation is 1. The zero-order valence-electron chi connectivity index (χ0n) is 23.2. The summed E-state index contributed by atoms with van der Waals surface area (Å²) in [5.41, 5.74) is 0.00792. The number of aliphatic hydroxyl groups excluding tert-OH is 1. The number of hydroxylamine groups is 1. The predicted octanol–water partition coefficient (Wildman–Crippen LogP) is 2.61. The third kappa shape index (κ3) is 6.17. The molecule has 1 aromatic heterocycles. The number of benzene rings is 2. The van der Waals surface area contributed by atoms with E-state index in [1.54, 1.807) is 51.1 Å². The number of nitrogens with one attached hydrogen (secondary N) is 2. The number of aliphatic hydroxyl groups is 1. The van der Waals surface area contributed by atoms with Crippen LogP contribution in [0.1, 0.15) is 29.8 Å². The maximum absolute atomic E-state index is 12.8. The number of ether oxygens (including phenoxy) is 4. The van der Waals surface area contributed by atoms with E-state index in [9.17, 15) is 24.6 Å². The Balaban J connectivity index is 1.61. The van der Waals surface area contributed by atoms with Crippen LogP contribution in [0.25, 0.3) is 11.0 Å². The van der Waals surface area contributed by atoms with Gasteiger partial charge in [-0.3, -0.25) is 9.63 Å². The van der Waals surface area contributed by atoms with Crippen LogP contribution in [0.3, 0.4) is 0 Å². The van der Waals surface area contributed by atoms with E-state index in [4.69, 9.17) is 34.6 Å². The van der Waals surface area contributed by atoms with Crippen molar-refractivity contribution in [3.05, 3.63) is 64.0 Å². The Labute approximate surface area is 240 Å². The second-order valence-corrected chi connectivity index (χ2v) is 9.82. The van der Waals surface area contributed by atoms with Crippen molar-refractivity contribution in [2.24, 2.45) is 0 Å². The Morgan fingerprint density at radius 1 is 1.17 bits per heavy atom. The number of carbonyl (C=O) groups is 2. The molecule has 2 amide bonds. The minimum atomic E-state index is -1.55. The van der Waals surface area contributed by atoms with Crippen LogP contribution in [-0.4, -0.2) is 66.1 Å². The normalized spacial score (nSPS) is 21.2. The highest BCUT2D eigenvalue weighted by Gasteiger charge is 2.53. The van der Waals surface area contributed by atoms with E-state index in [-0.39, 0.29) is 34.5 Å². The molecule has 0 saturated carbocycles. The molecule has 42 heavy (non-hydrogen) atoms. The van der Waals surface area contributed by atoms with Gasteiger partial charge in [-0.2, -0.15) is 5.48 Å². The van der Waals surface area contributed by atoms with Crippen molar-refractivity contribution < 1.29 is 48.0 Å². The van der Waals surface area contributed by atoms with Crippen LogP contribution < -0.4 is 21.2 Å². The molecule has 2 aromatic carbocycles. The number of rotatable bonds is 8. The first-order valence-corrected chi connectivity index (χ1v) is 12.7. The van der Waals surface area contributed by atoms with Gasteiger partial charge >= 0.3 is 11.7 Å². The van der Waals surface area contributed by atoms with Crippen molar-refractivity contribution in [1.82, 2.24) is 5.48 Å². The Kier molecular flexibility index (Phi) is 9.03. The van der Waals surface area contributed by atoms with Gasteiger partial charge in [-0.25, -0.2) is 9.59 Å². The summed E-state index contributed by atoms with van der Waals surface area (Å²) >= 11 is 0. The molecule has 3 aromatic rings. The van der Waals surface area contributed by atoms with Gasteiger partial charge in [0.05, 0.1) is 11.0 Å². The minimum absolute atomic E-state index is 0.0233. The second kappa shape index (κ2) is 12.5. The molecule has 0 unspecified atom stereocenters. The summed E-state index contributed by atoms with van der Waals surface area (Å²) in [6, 6.07) is 11.0. The molecule has 2 heterocycles. The Morgan fingerprint density at radius 2 is 1.88 bits per heavy atom. The van der Waals surface area contributed by atoms with E-state index in [1.807, 2.05) is 5.48 Å². The number of anilines is 1. The monoisotopic (exact) mass is 582 g/mol. The van der Waals surface area contributed by atoms with Crippen molar-refractivity contribution >= 4 is 28.7 Å². The van der Waals surface area contributed by atoms with Crippen molar-refractivity contribution in [2.45, 2.75) is 51.0 Å². The van der Waals surface area contributed by atoms with Gasteiger partial charge < -0.3 is 38.9 Å². The first-order chi connectivity index (χ1) is 20.0. The molecule has 1 saturated heterocycles. The maximum atomic E-state index is 12.8. The smallest absolute Gasteiger partial charge is 0.431 e. The highest BCUT2D eigenvalue weighted by atomic mass is 16.7. The standard InChI is InChI=1S/C29H30N2O11/c1-6-14-38-31-28(36)41-23-21(33)27(42-29(3,4)24(23)37-5)39-18-13-12-17-20(32)19(26(35)40-22(17)15(18)2)30-25(34)16-10-8-7-9-11-16/h1,7-13,21,23-24,27,32-33H,14H2,2-5H3,(H,30,34)(H,31,36)/t21-,23+,24-,27-/m1/s1. The van der Waals surface area contributed by atoms with Crippen LogP contribution in [0.2, 0.25) is 0 Å². The lowest BCUT2D eigenvalue weighted by Gasteiger charge is -2.47. The van der Waals surface area contributed by atoms with E-state index in [2.05, 4.69) is 11.2 Å². The fourth-order valence-electron chi connectivity index (χ4n) is 4.60. The second-order valence-electron chi connectivity index (χ2n) is 9.82. The van der Waals surface area contributed by atoms with Gasteiger partial charge in [0.15, 0.2) is 23.6 Å². The van der Waals surface area contributed by atoms with Crippen molar-refractivity contribution in [3.8, 4) is 23.8 Å². The van der Waals surface area contributed by atoms with E-state index < -0.39 is 59.3 Å². The summed E-state index contributed by atoms with van der Waals surface area (Å²) in [5, 5.41) is 24.5. The number of aromatic hydroxyl groups is 1. The molecule has 0 spiro atoms. The lowest BCUT2D eigenvalue weighted by molar-refractivity contribution is -0.305. The van der Waals surface area contributed by atoms with Crippen LogP contribution in [-0.2, 0) is 19.0 Å². The summed E-state index contributed by atoms with van der Waals surface area (Å²) in [4.78, 5) is 42.4. The number of methoxy groups -OCH3 is 1. The Morgan fingerprint density at radius 3 is 2.55 bits per heavy atom. The first-order valence-electron chi connectivity index (χ1n) is 12.7. The molecule has 222 valence electrons. The summed E-state index contributed by atoms with van der Waals surface area (Å²) < 4.78 is 28.2. The number of carbonyl (C=O) groups excluding carboxylic acids is 2. The topological polar surface area (TPSA) is 175 Å². The molecular formula is C29H30N2O11. The van der Waals surface area contributed by atoms with Crippen LogP contribution >= 0.6 is 0 Å². The molecule has 4 atom stereocenters. The van der Waals surface area contributed by atoms with Crippen LogP contribution in [0.15, 0.2) is 51.7 Å². The third-order valence-corrected chi connectivity index (χ3v) is 6.59. The fourth-order valence-corrected chi connectivity index (χ4v) is 4.60. The summed E-state index contributed by atoms with van der Waals surface area (Å²) in [5.74, 6) is 1.20. The van der Waals surface area contributed by atoms with Crippen molar-refractivity contribution in [2.75, 3.05) is 19.0 Å². The average Bonchev–Trinajstić information content (AvgIpc) is 2.95. The number of terminal acetylenes is 1. The number of hydrogen-bond acceptors (Lipinski definition) is 11. The van der Waals surface area contributed by atoms with Gasteiger partial charge in [-0.1, -0.05) is 24.1 Å². The lowest BCUT2D eigenvalue weighted by Crippen LogP contribution is -2.65. The quantitative estimate of drug-likeness (QED) is 0.133. The predicted molar refractivity (Wildman–Crippen MR) is 148 cm³/mol. The van der Waals surface area contributed by atoms with Crippen LogP contribution in [0.5, 0.6) is 11.5 Å². The SMILES string of the molecule is C#CCONC(=O)O[C@H]1[C@@H](O)[C@H](Oc2ccc3c(O)c(NC(=O)c4ccccc4)c(=O)oc3c2C)OC(C)(C)[C@@H]1OC. The van der Waals surface area contributed by atoms with Gasteiger partial charge in [-0.05, 0) is 45.0 Å². The Hall–Kier alpha value is -4.61. The largest absolute Gasteiger partial charge is 0.505 e. The maximum Gasteiger partial charge on any atom is 0.431 e. The molecule has 4 N–H and O–H groups in total. The van der Waals surface area contributed by atoms with Crippen molar-refractivity contribution in [3.63, 3.8) is 0 Å². The summed E-state index contributed by atoms with van der Waals surface area (Å²) in [6.07, 6.45) is -1.04. The number of amides is 2. The minimum Gasteiger partial charge on any atom is -0.505 e. The Bertz CT molecular complexity index is 1560. The summed E-state index contributed by atoms with van der Waals surface area (Å²) in [7, 11) is 1.37. The molecule has 0 radical (unpaired) electrons. The first kappa shape index (κ1) is 30.4. The molecule has 1 fully saturated rings. The molecule has 13 heteroatoms. The lowest BCUT2D eigenvalue weighted by atomic mass is 9.89. The highest BCUT2D eigenvalue weighted by molar-refractivity contribution is 6.06. The van der Waals surface area contributed by atoms with Gasteiger partial charge in [-0.15, -0.1) is 6.42 Å². The van der Waals surface area contributed by atoms with Gasteiger partial charge in [0, 0.05) is 18.2 Å². The van der Waals surface area contributed by atoms with Gasteiger partial charge in [0.25, 0.3) is 5.91 Å². The van der Waals surface area contributed by atoms with E-state index in [0.29, 0.717) is 0 Å². The molecule has 4 rings (SSSR count). The molecular weight excluding hydrogens is 552 g/mol. The highest BCUT2D eigenvalue weighted by Crippen LogP contribution is 2.38. The van der Waals surface area contributed by atoms with Gasteiger partial charge in [0.2, 0.25) is 6.29 Å². The number of fused-ring (bicyclic) bond motifs is 1. The zero-order chi connectivity index (χ0) is 30.6.